The van der Waals surface area contributed by atoms with Gasteiger partial charge in [0.2, 0.25) is 0 Å². The summed E-state index contributed by atoms with van der Waals surface area (Å²) >= 11 is 0. The Balaban J connectivity index is 2.41. The Kier molecular flexibility index (Phi) is 3.07. The van der Waals surface area contributed by atoms with Crippen molar-refractivity contribution in [2.45, 2.75) is 32.2 Å². The number of benzene rings is 1. The number of phenols is 1. The number of carbonyl (C=O) groups is 1. The van der Waals surface area contributed by atoms with E-state index in [1.807, 2.05) is 6.92 Å². The van der Waals surface area contributed by atoms with Gasteiger partial charge in [0.15, 0.2) is 0 Å². The number of carboxylic acid groups (broad SMARTS) is 1. The monoisotopic (exact) mass is 235 g/mol. The van der Waals surface area contributed by atoms with Crippen LogP contribution in [-0.4, -0.2) is 16.2 Å². The van der Waals surface area contributed by atoms with Crippen molar-refractivity contribution in [3.8, 4) is 5.75 Å². The second-order valence-corrected chi connectivity index (χ2v) is 4.77. The van der Waals surface area contributed by atoms with Crippen molar-refractivity contribution in [1.29, 1.82) is 0 Å². The molecule has 1 fully saturated rings. The molecule has 1 aromatic rings. The number of rotatable bonds is 3. The molecule has 2 rings (SSSR count). The zero-order valence-corrected chi connectivity index (χ0v) is 9.81. The van der Waals surface area contributed by atoms with Crippen molar-refractivity contribution in [3.63, 3.8) is 0 Å². The minimum absolute atomic E-state index is 0.0604. The van der Waals surface area contributed by atoms with Crippen LogP contribution in [0, 0.1) is 12.8 Å². The lowest BCUT2D eigenvalue weighted by molar-refractivity contribution is 0.0693. The number of hydrogen-bond acceptors (Lipinski definition) is 3. The fraction of sp³-hybridized carbons (Fsp3) is 0.462. The van der Waals surface area contributed by atoms with E-state index in [-0.39, 0.29) is 17.4 Å². The molecule has 4 heteroatoms. The van der Waals surface area contributed by atoms with Crippen molar-refractivity contribution < 1.29 is 15.0 Å². The maximum absolute atomic E-state index is 11.0. The Morgan fingerprint density at radius 1 is 1.47 bits per heavy atom. The number of aromatic hydroxyl groups is 1. The number of aromatic carboxylic acids is 1. The van der Waals surface area contributed by atoms with E-state index in [0.717, 1.165) is 24.8 Å². The van der Waals surface area contributed by atoms with Crippen LogP contribution in [0.4, 0.5) is 0 Å². The second-order valence-electron chi connectivity index (χ2n) is 4.77. The van der Waals surface area contributed by atoms with E-state index in [9.17, 15) is 9.90 Å². The molecule has 4 nitrogen and oxygen atoms in total. The first-order valence-electron chi connectivity index (χ1n) is 5.83. The van der Waals surface area contributed by atoms with Gasteiger partial charge in [-0.1, -0.05) is 12.5 Å². The average Bonchev–Trinajstić information content (AvgIpc) is 2.17. The van der Waals surface area contributed by atoms with Gasteiger partial charge in [-0.15, -0.1) is 0 Å². The standard InChI is InChI=1S/C13H17NO3/c1-7-5-9(11(14)8-3-2-4-8)12(15)10(6-7)13(16)17/h5-6,8,11,15H,2-4,14H2,1H3,(H,16,17)/t11-/m0/s1. The third kappa shape index (κ3) is 2.13. The summed E-state index contributed by atoms with van der Waals surface area (Å²) in [6.45, 7) is 1.81. The van der Waals surface area contributed by atoms with Crippen LogP contribution in [0.3, 0.4) is 0 Å². The second kappa shape index (κ2) is 4.37. The smallest absolute Gasteiger partial charge is 0.339 e. The van der Waals surface area contributed by atoms with E-state index in [0.29, 0.717) is 11.5 Å². The molecule has 1 aliphatic carbocycles. The fourth-order valence-corrected chi connectivity index (χ4v) is 2.28. The normalized spacial score (nSPS) is 17.5. The van der Waals surface area contributed by atoms with Crippen LogP contribution in [-0.2, 0) is 0 Å². The van der Waals surface area contributed by atoms with E-state index in [2.05, 4.69) is 0 Å². The van der Waals surface area contributed by atoms with Crippen LogP contribution in [0.15, 0.2) is 12.1 Å². The fourth-order valence-electron chi connectivity index (χ4n) is 2.28. The lowest BCUT2D eigenvalue weighted by Crippen LogP contribution is -2.27. The first-order chi connectivity index (χ1) is 8.00. The molecule has 17 heavy (non-hydrogen) atoms. The number of aryl methyl sites for hydroxylation is 1. The molecular weight excluding hydrogens is 218 g/mol. The largest absolute Gasteiger partial charge is 0.507 e. The van der Waals surface area contributed by atoms with Crippen LogP contribution in [0.1, 0.15) is 46.8 Å². The highest BCUT2D eigenvalue weighted by molar-refractivity contribution is 5.91. The predicted molar refractivity (Wildman–Crippen MR) is 64.1 cm³/mol. The maximum atomic E-state index is 11.0. The zero-order chi connectivity index (χ0) is 12.6. The van der Waals surface area contributed by atoms with Gasteiger partial charge in [-0.05, 0) is 37.3 Å². The van der Waals surface area contributed by atoms with E-state index in [4.69, 9.17) is 10.8 Å². The number of hydrogen-bond donors (Lipinski definition) is 3. The van der Waals surface area contributed by atoms with Crippen LogP contribution >= 0.6 is 0 Å². The third-order valence-corrected chi connectivity index (χ3v) is 3.53. The summed E-state index contributed by atoms with van der Waals surface area (Å²) in [5.41, 5.74) is 7.40. The highest BCUT2D eigenvalue weighted by Gasteiger charge is 2.28. The molecular formula is C13H17NO3. The van der Waals surface area contributed by atoms with E-state index in [1.54, 1.807) is 6.07 Å². The Bertz CT molecular complexity index is 452. The Labute approximate surface area is 100 Å². The molecule has 0 bridgehead atoms. The highest BCUT2D eigenvalue weighted by Crippen LogP contribution is 2.40. The molecule has 1 aromatic carbocycles. The first kappa shape index (κ1) is 11.9. The van der Waals surface area contributed by atoms with Gasteiger partial charge in [0.1, 0.15) is 11.3 Å². The van der Waals surface area contributed by atoms with Crippen LogP contribution in [0.2, 0.25) is 0 Å². The Hall–Kier alpha value is -1.55. The molecule has 1 saturated carbocycles. The Morgan fingerprint density at radius 2 is 2.12 bits per heavy atom. The van der Waals surface area contributed by atoms with E-state index < -0.39 is 5.97 Å². The van der Waals surface area contributed by atoms with Gasteiger partial charge in [-0.2, -0.15) is 0 Å². The summed E-state index contributed by atoms with van der Waals surface area (Å²) in [6, 6.07) is 2.99. The van der Waals surface area contributed by atoms with E-state index >= 15 is 0 Å². The van der Waals surface area contributed by atoms with Crippen molar-refractivity contribution >= 4 is 5.97 Å². The first-order valence-corrected chi connectivity index (χ1v) is 5.83. The summed E-state index contributed by atoms with van der Waals surface area (Å²) in [7, 11) is 0. The summed E-state index contributed by atoms with van der Waals surface area (Å²) < 4.78 is 0. The van der Waals surface area contributed by atoms with Crippen LogP contribution < -0.4 is 5.73 Å². The van der Waals surface area contributed by atoms with Gasteiger partial charge < -0.3 is 15.9 Å². The molecule has 0 aromatic heterocycles. The lowest BCUT2D eigenvalue weighted by Gasteiger charge is -2.32. The lowest BCUT2D eigenvalue weighted by atomic mass is 9.77. The maximum Gasteiger partial charge on any atom is 0.339 e. The summed E-state index contributed by atoms with van der Waals surface area (Å²) in [4.78, 5) is 11.0. The van der Waals surface area contributed by atoms with Gasteiger partial charge >= 0.3 is 5.97 Å². The van der Waals surface area contributed by atoms with Crippen molar-refractivity contribution in [2.24, 2.45) is 11.7 Å². The van der Waals surface area contributed by atoms with Gasteiger partial charge in [0.25, 0.3) is 0 Å². The van der Waals surface area contributed by atoms with E-state index in [1.165, 1.54) is 6.07 Å². The topological polar surface area (TPSA) is 83.5 Å². The quantitative estimate of drug-likeness (QED) is 0.750. The molecule has 4 N–H and O–H groups in total. The number of carboxylic acids is 1. The molecule has 0 saturated heterocycles. The zero-order valence-electron chi connectivity index (χ0n) is 9.81. The molecule has 92 valence electrons. The minimum Gasteiger partial charge on any atom is -0.507 e. The molecule has 0 radical (unpaired) electrons. The Morgan fingerprint density at radius 3 is 2.59 bits per heavy atom. The molecule has 1 aliphatic rings. The molecule has 0 unspecified atom stereocenters. The summed E-state index contributed by atoms with van der Waals surface area (Å²) in [5, 5.41) is 19.0. The highest BCUT2D eigenvalue weighted by atomic mass is 16.4. The van der Waals surface area contributed by atoms with Crippen molar-refractivity contribution in [1.82, 2.24) is 0 Å². The molecule has 1 atom stereocenters. The van der Waals surface area contributed by atoms with Crippen molar-refractivity contribution in [2.75, 3.05) is 0 Å². The molecule has 0 amide bonds. The van der Waals surface area contributed by atoms with Gasteiger partial charge in [-0.3, -0.25) is 0 Å². The summed E-state index contributed by atoms with van der Waals surface area (Å²) in [6.07, 6.45) is 3.27. The van der Waals surface area contributed by atoms with Gasteiger partial charge in [-0.25, -0.2) is 4.79 Å². The molecule has 0 spiro atoms. The van der Waals surface area contributed by atoms with Crippen molar-refractivity contribution in [3.05, 3.63) is 28.8 Å². The molecule has 0 heterocycles. The van der Waals surface area contributed by atoms with Crippen LogP contribution in [0.5, 0.6) is 5.75 Å². The third-order valence-electron chi connectivity index (χ3n) is 3.53. The van der Waals surface area contributed by atoms with Gasteiger partial charge in [0.05, 0.1) is 0 Å². The van der Waals surface area contributed by atoms with Crippen LogP contribution in [0.25, 0.3) is 0 Å². The molecule has 0 aliphatic heterocycles. The average molecular weight is 235 g/mol. The summed E-state index contributed by atoms with van der Waals surface area (Å²) in [5.74, 6) is -0.930. The SMILES string of the molecule is Cc1cc(C(=O)O)c(O)c([C@@H](N)C2CCC2)c1. The van der Waals surface area contributed by atoms with Gasteiger partial charge in [0, 0.05) is 11.6 Å². The number of nitrogens with two attached hydrogens (primary N) is 1. The predicted octanol–water partition coefficient (Wildman–Crippen LogP) is 2.20. The minimum atomic E-state index is -1.12.